The van der Waals surface area contributed by atoms with Crippen molar-refractivity contribution in [3.05, 3.63) is 70.9 Å². The Morgan fingerprint density at radius 1 is 1.16 bits per heavy atom. The topological polar surface area (TPSA) is 122 Å². The molecule has 0 amide bonds. The van der Waals surface area contributed by atoms with Gasteiger partial charge < -0.3 is 24.1 Å². The van der Waals surface area contributed by atoms with Crippen molar-refractivity contribution in [3.63, 3.8) is 0 Å². The number of ether oxygens (including phenoxy) is 4. The number of carboxylic acid groups (broad SMARTS) is 1. The number of carboxylic acids is 1. The smallest absolute Gasteiger partial charge is 0.336 e. The number of hydrogen-bond acceptors (Lipinski definition) is 8. The molecule has 194 valence electrons. The van der Waals surface area contributed by atoms with Crippen LogP contribution in [-0.2, 0) is 28.5 Å². The first-order chi connectivity index (χ1) is 17.7. The molecule has 37 heavy (non-hydrogen) atoms. The fraction of sp³-hybridized carbons (Fsp3) is 0.333. The van der Waals surface area contributed by atoms with Crippen molar-refractivity contribution < 1.29 is 42.4 Å². The van der Waals surface area contributed by atoms with Crippen molar-refractivity contribution in [1.82, 2.24) is 15.0 Å². The van der Waals surface area contributed by atoms with Crippen LogP contribution in [0.3, 0.4) is 0 Å². The van der Waals surface area contributed by atoms with Gasteiger partial charge in [0.2, 0.25) is 0 Å². The van der Waals surface area contributed by atoms with E-state index in [0.717, 1.165) is 19.1 Å². The molecule has 2 fully saturated rings. The van der Waals surface area contributed by atoms with Crippen molar-refractivity contribution in [2.24, 2.45) is 0 Å². The second-order valence-corrected chi connectivity index (χ2v) is 8.89. The Morgan fingerprint density at radius 2 is 1.86 bits per heavy atom. The summed E-state index contributed by atoms with van der Waals surface area (Å²) in [5.74, 6) is -4.10. The lowest BCUT2D eigenvalue weighted by Gasteiger charge is -2.47. The number of benzene rings is 2. The zero-order valence-electron chi connectivity index (χ0n) is 19.2. The van der Waals surface area contributed by atoms with E-state index in [0.29, 0.717) is 5.56 Å². The Bertz CT molecular complexity index is 1300. The molecule has 0 bridgehead atoms. The van der Waals surface area contributed by atoms with Crippen LogP contribution in [0, 0.1) is 11.6 Å². The third-order valence-corrected chi connectivity index (χ3v) is 6.43. The van der Waals surface area contributed by atoms with E-state index in [-0.39, 0.29) is 17.9 Å². The summed E-state index contributed by atoms with van der Waals surface area (Å²) < 4.78 is 52.5. The maximum atomic E-state index is 14.1. The Balaban J connectivity index is 1.56. The van der Waals surface area contributed by atoms with E-state index in [9.17, 15) is 23.5 Å². The molecule has 13 heteroatoms. The van der Waals surface area contributed by atoms with Gasteiger partial charge in [0.1, 0.15) is 40.6 Å². The average Bonchev–Trinajstić information content (AvgIpc) is 3.36. The molecule has 2 saturated heterocycles. The van der Waals surface area contributed by atoms with E-state index in [2.05, 4.69) is 10.3 Å². The Hall–Kier alpha value is -3.45. The van der Waals surface area contributed by atoms with E-state index >= 15 is 0 Å². The second kappa shape index (κ2) is 10.1. The molecule has 1 aromatic heterocycles. The molecule has 3 aromatic rings. The molecule has 2 aliphatic heterocycles. The molecular formula is C24H20ClF2N3O7. The van der Waals surface area contributed by atoms with Crippen LogP contribution in [0.1, 0.15) is 24.8 Å². The summed E-state index contributed by atoms with van der Waals surface area (Å²) in [7, 11) is 0. The van der Waals surface area contributed by atoms with Gasteiger partial charge in [-0.3, -0.25) is 4.79 Å². The van der Waals surface area contributed by atoms with Gasteiger partial charge in [-0.05, 0) is 12.1 Å². The zero-order chi connectivity index (χ0) is 26.3. The molecule has 0 spiro atoms. The van der Waals surface area contributed by atoms with Crippen LogP contribution in [0.4, 0.5) is 8.78 Å². The minimum atomic E-state index is -1.58. The lowest BCUT2D eigenvalue weighted by Crippen LogP contribution is -2.62. The minimum Gasteiger partial charge on any atom is -0.479 e. The molecule has 10 nitrogen and oxygen atoms in total. The number of nitrogens with zero attached hydrogens (tertiary/aromatic N) is 3. The van der Waals surface area contributed by atoms with Gasteiger partial charge in [-0.15, -0.1) is 5.10 Å². The fourth-order valence-electron chi connectivity index (χ4n) is 4.46. The highest BCUT2D eigenvalue weighted by atomic mass is 35.5. The van der Waals surface area contributed by atoms with Crippen LogP contribution in [0.25, 0.3) is 11.3 Å². The van der Waals surface area contributed by atoms with Crippen molar-refractivity contribution in [2.45, 2.75) is 43.7 Å². The lowest BCUT2D eigenvalue weighted by atomic mass is 9.91. The van der Waals surface area contributed by atoms with Crippen molar-refractivity contribution in [2.75, 3.05) is 6.61 Å². The number of esters is 1. The number of aromatic nitrogens is 3. The molecule has 2 aliphatic rings. The first kappa shape index (κ1) is 25.2. The van der Waals surface area contributed by atoms with Crippen molar-refractivity contribution in [1.29, 1.82) is 0 Å². The quantitative estimate of drug-likeness (QED) is 0.387. The van der Waals surface area contributed by atoms with Crippen LogP contribution < -0.4 is 0 Å². The Kier molecular flexibility index (Phi) is 6.90. The van der Waals surface area contributed by atoms with E-state index in [1.165, 1.54) is 10.9 Å². The lowest BCUT2D eigenvalue weighted by molar-refractivity contribution is -0.315. The summed E-state index contributed by atoms with van der Waals surface area (Å²) in [5.41, 5.74) is 0.816. The Morgan fingerprint density at radius 3 is 2.51 bits per heavy atom. The van der Waals surface area contributed by atoms with E-state index in [1.807, 2.05) is 6.07 Å². The molecule has 1 N–H and O–H groups in total. The summed E-state index contributed by atoms with van der Waals surface area (Å²) in [4.78, 5) is 24.0. The number of fused-ring (bicyclic) bond motifs is 1. The molecule has 2 aromatic carbocycles. The number of aliphatic carboxylic acids is 1. The normalized spacial score (nSPS) is 27.4. The predicted molar refractivity (Wildman–Crippen MR) is 121 cm³/mol. The number of halogens is 3. The van der Waals surface area contributed by atoms with Gasteiger partial charge in [0.05, 0.1) is 12.8 Å². The fourth-order valence-corrected chi connectivity index (χ4v) is 4.57. The van der Waals surface area contributed by atoms with Gasteiger partial charge in [-0.2, -0.15) is 0 Å². The number of carbonyl (C=O) groups is 2. The molecule has 0 radical (unpaired) electrons. The summed E-state index contributed by atoms with van der Waals surface area (Å²) in [6.07, 6.45) is -4.19. The van der Waals surface area contributed by atoms with Crippen LogP contribution in [0.2, 0.25) is 5.02 Å². The minimum absolute atomic E-state index is 0.0214. The van der Waals surface area contributed by atoms with Crippen molar-refractivity contribution >= 4 is 23.5 Å². The molecule has 3 heterocycles. The summed E-state index contributed by atoms with van der Waals surface area (Å²) >= 11 is 5.58. The third kappa shape index (κ3) is 4.92. The van der Waals surface area contributed by atoms with Gasteiger partial charge in [0.25, 0.3) is 0 Å². The summed E-state index contributed by atoms with van der Waals surface area (Å²) in [5, 5.41) is 17.2. The molecule has 0 saturated carbocycles. The standard InChI is InChI=1S/C24H20ClF2N3O7/c1-11(31)35-21-19(30-9-16(28-29-30)13-7-14(26)18(25)15(27)8-13)20-17(36-22(21)23(32)33)10-34-24(37-20)12-5-3-2-4-6-12/h2-9,17,19-22,24H,10H2,1H3,(H,32,33)/t17-,19+,20+,21-,22?,24?/m1/s1. The summed E-state index contributed by atoms with van der Waals surface area (Å²) in [6.45, 7) is 1.11. The molecule has 6 atom stereocenters. The predicted octanol–water partition coefficient (Wildman–Crippen LogP) is 3.32. The van der Waals surface area contributed by atoms with Gasteiger partial charge in [-0.25, -0.2) is 18.3 Å². The maximum Gasteiger partial charge on any atom is 0.336 e. The highest BCUT2D eigenvalue weighted by molar-refractivity contribution is 6.31. The molecular weight excluding hydrogens is 516 g/mol. The monoisotopic (exact) mass is 535 g/mol. The van der Waals surface area contributed by atoms with Gasteiger partial charge in [-0.1, -0.05) is 47.1 Å². The van der Waals surface area contributed by atoms with Gasteiger partial charge in [0, 0.05) is 18.1 Å². The van der Waals surface area contributed by atoms with Crippen LogP contribution in [0.5, 0.6) is 0 Å². The average molecular weight is 536 g/mol. The third-order valence-electron chi connectivity index (χ3n) is 6.06. The second-order valence-electron chi connectivity index (χ2n) is 8.51. The maximum absolute atomic E-state index is 14.1. The Labute approximate surface area is 213 Å². The van der Waals surface area contributed by atoms with Crippen LogP contribution >= 0.6 is 11.6 Å². The SMILES string of the molecule is CC(=O)O[C@H]1C(C(=O)O)O[C@@H]2COC(c3ccccc3)O[C@@H]2[C@@H]1n1cc(-c2cc(F)c(Cl)c(F)c2)nn1. The first-order valence-corrected chi connectivity index (χ1v) is 11.5. The van der Waals surface area contributed by atoms with Gasteiger partial charge in [0.15, 0.2) is 18.5 Å². The number of rotatable bonds is 5. The summed E-state index contributed by atoms with van der Waals surface area (Å²) in [6, 6.07) is 9.98. The van der Waals surface area contributed by atoms with E-state index in [1.54, 1.807) is 24.3 Å². The number of carbonyl (C=O) groups excluding carboxylic acids is 1. The van der Waals surface area contributed by atoms with Crippen LogP contribution in [0.15, 0.2) is 48.7 Å². The van der Waals surface area contributed by atoms with Gasteiger partial charge >= 0.3 is 11.9 Å². The zero-order valence-corrected chi connectivity index (χ0v) is 19.9. The first-order valence-electron chi connectivity index (χ1n) is 11.2. The molecule has 2 unspecified atom stereocenters. The van der Waals surface area contributed by atoms with Crippen molar-refractivity contribution in [3.8, 4) is 11.3 Å². The van der Waals surface area contributed by atoms with E-state index < -0.39 is 65.3 Å². The molecule has 0 aliphatic carbocycles. The highest BCUT2D eigenvalue weighted by Crippen LogP contribution is 2.41. The number of hydrogen-bond donors (Lipinski definition) is 1. The van der Waals surface area contributed by atoms with Crippen LogP contribution in [-0.4, -0.2) is 63.1 Å². The highest BCUT2D eigenvalue weighted by Gasteiger charge is 2.55. The van der Waals surface area contributed by atoms with E-state index in [4.69, 9.17) is 30.5 Å². The largest absolute Gasteiger partial charge is 0.479 e. The molecule has 5 rings (SSSR count).